The molecule has 4 atom stereocenters. The predicted molar refractivity (Wildman–Crippen MR) is 302 cm³/mol. The summed E-state index contributed by atoms with van der Waals surface area (Å²) in [4.78, 5) is 99.4. The SMILES string of the molecule is CC1=C(C)C2C(c3ccc(Cl)cc3)=N[C@@H](CC(=O)Nc3ccc(OCCOCCN(CCOCCNc4cccc5c4C(=O)N(C4CCC(=O)NC4=O)C5=O)C(=O)CCCCCNC(=O)OC(C)(C)C)cc3)c3nnc(C)n3C2S1. The molecule has 4 aromatic rings. The Balaban J connectivity index is 0.789. The molecular formula is C57H69ClN10O11S. The Hall–Kier alpha value is -7.14. The standard InChI is InChI=1S/C57H69ClN10O11S/c1-34-35(2)80-55-48(34)50(37-14-16-38(58)17-15-37)62-43(51-65-64-36(3)67(51)55)33-46(70)61-39-18-20-40(21-19-39)78-32-31-77-30-27-66(47(71)13-8-7-9-24-60-56(75)79-57(4,5)6)26-29-76-28-25-59-42-12-10-11-41-49(42)54(74)68(53(41)73)44-22-23-45(69)63-52(44)72/h10-12,14-21,43-44,48,55,59H,7-9,13,22-33H2,1-6H3,(H,60,75)(H,61,70)(H,63,69,72)/t43-,44?,48?,55?/m0/s1. The molecule has 80 heavy (non-hydrogen) atoms. The fraction of sp³-hybridized carbons (Fsp3) is 0.474. The average Bonchev–Trinajstić information content (AvgIpc) is 4.01. The van der Waals surface area contributed by atoms with Gasteiger partial charge in [0.25, 0.3) is 11.8 Å². The molecule has 0 bridgehead atoms. The van der Waals surface area contributed by atoms with E-state index in [-0.39, 0.29) is 106 Å². The Morgan fingerprint density at radius 2 is 1.59 bits per heavy atom. The lowest BCUT2D eigenvalue weighted by Crippen LogP contribution is -2.54. The third kappa shape index (κ3) is 14.8. The fourth-order valence-corrected chi connectivity index (χ4v) is 11.5. The number of nitrogens with one attached hydrogen (secondary N) is 4. The number of alkyl carbamates (subject to hydrolysis) is 1. The highest BCUT2D eigenvalue weighted by molar-refractivity contribution is 8.03. The van der Waals surface area contributed by atoms with E-state index in [1.54, 1.807) is 73.8 Å². The van der Waals surface area contributed by atoms with Crippen LogP contribution >= 0.6 is 23.4 Å². The molecule has 1 fully saturated rings. The van der Waals surface area contributed by atoms with E-state index in [1.165, 1.54) is 16.5 Å². The number of aromatic nitrogens is 3. The number of thioether (sulfide) groups is 1. The third-order valence-electron chi connectivity index (χ3n) is 13.9. The van der Waals surface area contributed by atoms with E-state index < -0.39 is 47.4 Å². The van der Waals surface area contributed by atoms with Crippen LogP contribution in [0.15, 0.2) is 82.2 Å². The zero-order valence-electron chi connectivity index (χ0n) is 45.9. The van der Waals surface area contributed by atoms with E-state index in [2.05, 4.69) is 49.9 Å². The molecule has 21 nitrogen and oxygen atoms in total. The van der Waals surface area contributed by atoms with Crippen LogP contribution in [0.2, 0.25) is 5.02 Å². The summed E-state index contributed by atoms with van der Waals surface area (Å²) in [7, 11) is 0. The van der Waals surface area contributed by atoms with Gasteiger partial charge >= 0.3 is 6.09 Å². The molecule has 0 saturated carbocycles. The molecule has 3 aromatic carbocycles. The zero-order chi connectivity index (χ0) is 57.1. The maximum Gasteiger partial charge on any atom is 0.407 e. The smallest absolute Gasteiger partial charge is 0.407 e. The van der Waals surface area contributed by atoms with Crippen molar-refractivity contribution in [2.24, 2.45) is 10.9 Å². The van der Waals surface area contributed by atoms with E-state index in [0.717, 1.165) is 22.0 Å². The van der Waals surface area contributed by atoms with Crippen molar-refractivity contribution in [2.45, 2.75) is 110 Å². The van der Waals surface area contributed by atoms with Crippen molar-refractivity contribution in [1.29, 1.82) is 0 Å². The van der Waals surface area contributed by atoms with Crippen molar-refractivity contribution in [3.63, 3.8) is 0 Å². The maximum absolute atomic E-state index is 13.7. The summed E-state index contributed by atoms with van der Waals surface area (Å²) in [5.74, 6) is -0.704. The fourth-order valence-electron chi connectivity index (χ4n) is 9.88. The lowest BCUT2D eigenvalue weighted by molar-refractivity contribution is -0.136. The number of fused-ring (bicyclic) bond motifs is 4. The van der Waals surface area contributed by atoms with Gasteiger partial charge in [0.15, 0.2) is 5.82 Å². The Kier molecular flexibility index (Phi) is 19.8. The van der Waals surface area contributed by atoms with Gasteiger partial charge in [0, 0.05) is 55.4 Å². The molecule has 1 aromatic heterocycles. The number of unbranched alkanes of at least 4 members (excludes halogenated alkanes) is 2. The highest BCUT2D eigenvalue weighted by Gasteiger charge is 2.46. The summed E-state index contributed by atoms with van der Waals surface area (Å²) in [6.07, 6.45) is 1.92. The monoisotopic (exact) mass is 1140 g/mol. The number of aryl methyl sites for hydroxylation is 1. The number of amides is 7. The first-order chi connectivity index (χ1) is 38.4. The quantitative estimate of drug-likeness (QED) is 0.0365. The van der Waals surface area contributed by atoms with Crippen molar-refractivity contribution in [3.8, 4) is 5.75 Å². The summed E-state index contributed by atoms with van der Waals surface area (Å²) >= 11 is 8.05. The molecule has 0 aliphatic carbocycles. The molecule has 5 heterocycles. The van der Waals surface area contributed by atoms with Gasteiger partial charge in [-0.15, -0.1) is 22.0 Å². The summed E-state index contributed by atoms with van der Waals surface area (Å²) < 4.78 is 25.2. The van der Waals surface area contributed by atoms with Crippen molar-refractivity contribution >= 4 is 82.0 Å². The minimum atomic E-state index is -1.07. The van der Waals surface area contributed by atoms with Crippen molar-refractivity contribution in [1.82, 2.24) is 35.2 Å². The topological polar surface area (TPSA) is 254 Å². The summed E-state index contributed by atoms with van der Waals surface area (Å²) in [5.41, 5.74) is 3.76. The number of benzene rings is 3. The Morgan fingerprint density at radius 3 is 2.31 bits per heavy atom. The van der Waals surface area contributed by atoms with Crippen LogP contribution in [-0.4, -0.2) is 143 Å². The second-order valence-electron chi connectivity index (χ2n) is 20.8. The molecule has 4 aliphatic rings. The second-order valence-corrected chi connectivity index (χ2v) is 22.6. The molecule has 23 heteroatoms. The van der Waals surface area contributed by atoms with Crippen LogP contribution in [0.4, 0.5) is 16.2 Å². The first kappa shape index (κ1) is 59.0. The maximum atomic E-state index is 13.7. The van der Waals surface area contributed by atoms with E-state index >= 15 is 0 Å². The van der Waals surface area contributed by atoms with E-state index in [1.807, 2.05) is 31.2 Å². The van der Waals surface area contributed by atoms with Gasteiger partial charge in [0.05, 0.1) is 61.0 Å². The molecule has 1 saturated heterocycles. The largest absolute Gasteiger partial charge is 0.491 e. The van der Waals surface area contributed by atoms with Gasteiger partial charge in [-0.05, 0) is 120 Å². The number of allylic oxidation sites excluding steroid dienone is 2. The Labute approximate surface area is 474 Å². The molecule has 426 valence electrons. The predicted octanol–water partition coefficient (Wildman–Crippen LogP) is 7.81. The van der Waals surface area contributed by atoms with Crippen LogP contribution < -0.4 is 26.0 Å². The van der Waals surface area contributed by atoms with Crippen molar-refractivity contribution < 1.29 is 52.5 Å². The van der Waals surface area contributed by atoms with Crippen LogP contribution in [0, 0.1) is 12.8 Å². The van der Waals surface area contributed by atoms with Crippen LogP contribution in [0.1, 0.15) is 129 Å². The molecule has 7 amide bonds. The molecule has 0 radical (unpaired) electrons. The lowest BCUT2D eigenvalue weighted by atomic mass is 9.90. The first-order valence-corrected chi connectivity index (χ1v) is 28.2. The number of hydrogen-bond donors (Lipinski definition) is 4. The molecule has 0 spiro atoms. The molecular weight excluding hydrogens is 1070 g/mol. The van der Waals surface area contributed by atoms with Crippen LogP contribution in [0.5, 0.6) is 5.75 Å². The zero-order valence-corrected chi connectivity index (χ0v) is 47.5. The van der Waals surface area contributed by atoms with Gasteiger partial charge in [-0.2, -0.15) is 0 Å². The number of aliphatic imine (C=N–C) groups is 1. The minimum absolute atomic E-state index is 0.0220. The number of ether oxygens (including phenoxy) is 4. The lowest BCUT2D eigenvalue weighted by Gasteiger charge is -2.27. The van der Waals surface area contributed by atoms with Crippen molar-refractivity contribution in [2.75, 3.05) is 69.8 Å². The average molecular weight is 1140 g/mol. The van der Waals surface area contributed by atoms with Gasteiger partial charge in [-0.3, -0.25) is 48.5 Å². The highest BCUT2D eigenvalue weighted by Crippen LogP contribution is 2.53. The third-order valence-corrected chi connectivity index (χ3v) is 15.6. The summed E-state index contributed by atoms with van der Waals surface area (Å²) in [6.45, 7) is 14.0. The number of rotatable bonds is 25. The van der Waals surface area contributed by atoms with Crippen LogP contribution in [-0.2, 0) is 33.4 Å². The number of piperidine rings is 1. The van der Waals surface area contributed by atoms with E-state index in [4.69, 9.17) is 35.5 Å². The second kappa shape index (κ2) is 26.9. The summed E-state index contributed by atoms with van der Waals surface area (Å²) in [6, 6.07) is 17.9. The van der Waals surface area contributed by atoms with Crippen LogP contribution in [0.3, 0.4) is 0 Å². The minimum Gasteiger partial charge on any atom is -0.491 e. The number of carbonyl (C=O) groups excluding carboxylic acids is 7. The molecule has 8 rings (SSSR count). The Bertz CT molecular complexity index is 3010. The molecule has 3 unspecified atom stereocenters. The highest BCUT2D eigenvalue weighted by atomic mass is 35.5. The summed E-state index contributed by atoms with van der Waals surface area (Å²) in [5, 5.41) is 20.7. The number of nitrogens with zero attached hydrogens (tertiary/aromatic N) is 6. The normalized spacial score (nSPS) is 18.7. The van der Waals surface area contributed by atoms with Gasteiger partial charge < -0.3 is 39.8 Å². The number of halogens is 1. The van der Waals surface area contributed by atoms with Gasteiger partial charge in [-0.1, -0.05) is 41.8 Å². The van der Waals surface area contributed by atoms with Crippen molar-refractivity contribution in [3.05, 3.63) is 111 Å². The van der Waals surface area contributed by atoms with Gasteiger partial charge in [0.2, 0.25) is 23.6 Å². The van der Waals surface area contributed by atoms with Crippen LogP contribution in [0.25, 0.3) is 0 Å². The number of anilines is 2. The number of imide groups is 2. The number of hydrogen-bond acceptors (Lipinski definition) is 16. The van der Waals surface area contributed by atoms with E-state index in [9.17, 15) is 33.6 Å². The first-order valence-electron chi connectivity index (χ1n) is 27.0. The van der Waals surface area contributed by atoms with Gasteiger partial charge in [-0.25, -0.2) is 4.79 Å². The Morgan fingerprint density at radius 1 is 0.850 bits per heavy atom. The number of carbonyl (C=O) groups is 7. The molecule has 4 N–H and O–H groups in total. The molecule has 4 aliphatic heterocycles. The van der Waals surface area contributed by atoms with Gasteiger partial charge in [0.1, 0.15) is 35.9 Å². The van der Waals surface area contributed by atoms with E-state index in [0.29, 0.717) is 60.3 Å².